The molecule has 0 aliphatic carbocycles. The monoisotopic (exact) mass is 265 g/mol. The third-order valence-corrected chi connectivity index (χ3v) is 3.24. The first-order chi connectivity index (χ1) is 9.08. The van der Waals surface area contributed by atoms with Crippen LogP contribution in [0.4, 0.5) is 0 Å². The van der Waals surface area contributed by atoms with Gasteiger partial charge in [-0.1, -0.05) is 12.1 Å². The molecule has 19 heavy (non-hydrogen) atoms. The minimum atomic E-state index is 0.453. The van der Waals surface area contributed by atoms with Gasteiger partial charge in [0.2, 0.25) is 0 Å². The minimum absolute atomic E-state index is 0.453. The van der Waals surface area contributed by atoms with Crippen LogP contribution < -0.4 is 0 Å². The highest BCUT2D eigenvalue weighted by Crippen LogP contribution is 2.30. The fourth-order valence-corrected chi connectivity index (χ4v) is 2.19. The van der Waals surface area contributed by atoms with E-state index in [1.807, 2.05) is 24.3 Å². The van der Waals surface area contributed by atoms with Gasteiger partial charge in [0.1, 0.15) is 12.1 Å². The maximum Gasteiger partial charge on any atom is 0.102 e. The van der Waals surface area contributed by atoms with Crippen molar-refractivity contribution in [3.63, 3.8) is 0 Å². The Bertz CT molecular complexity index is 681. The maximum atomic E-state index is 9.31. The smallest absolute Gasteiger partial charge is 0.102 e. The molecule has 0 aliphatic rings. The Morgan fingerprint density at radius 1 is 0.947 bits per heavy atom. The predicted molar refractivity (Wildman–Crippen MR) is 75.8 cm³/mol. The van der Waals surface area contributed by atoms with Gasteiger partial charge in [0.05, 0.1) is 22.5 Å². The first-order valence-electron chi connectivity index (χ1n) is 5.69. The van der Waals surface area contributed by atoms with E-state index in [4.69, 9.17) is 0 Å². The van der Waals surface area contributed by atoms with Crippen molar-refractivity contribution < 1.29 is 0 Å². The first-order valence-corrected chi connectivity index (χ1v) is 6.14. The highest BCUT2D eigenvalue weighted by atomic mass is 32.1. The van der Waals surface area contributed by atoms with Crippen LogP contribution in [0.1, 0.15) is 22.5 Å². The van der Waals surface area contributed by atoms with Crippen molar-refractivity contribution in [1.82, 2.24) is 4.98 Å². The van der Waals surface area contributed by atoms with Gasteiger partial charge in [0, 0.05) is 10.5 Å². The van der Waals surface area contributed by atoms with Crippen molar-refractivity contribution in [3.05, 3.63) is 46.8 Å². The molecule has 0 fully saturated rings. The van der Waals surface area contributed by atoms with Gasteiger partial charge in [-0.15, -0.1) is 12.6 Å². The molecule has 4 heteroatoms. The molecule has 1 aromatic heterocycles. The molecule has 1 heterocycles. The van der Waals surface area contributed by atoms with E-state index < -0.39 is 0 Å². The summed E-state index contributed by atoms with van der Waals surface area (Å²) in [6.07, 6.45) is 0. The molecule has 2 rings (SSSR count). The summed E-state index contributed by atoms with van der Waals surface area (Å²) in [5.74, 6) is 0. The predicted octanol–water partition coefficient (Wildman–Crippen LogP) is 3.40. The number of nitrogens with zero attached hydrogens (tertiary/aromatic N) is 3. The molecule has 1 aromatic carbocycles. The Morgan fingerprint density at radius 2 is 1.42 bits per heavy atom. The zero-order valence-electron chi connectivity index (χ0n) is 10.6. The lowest BCUT2D eigenvalue weighted by atomic mass is 9.94. The highest BCUT2D eigenvalue weighted by Gasteiger charge is 2.17. The lowest BCUT2D eigenvalue weighted by Crippen LogP contribution is -2.00. The van der Waals surface area contributed by atoms with Crippen LogP contribution in [-0.4, -0.2) is 4.98 Å². The molecule has 0 radical (unpaired) electrons. The van der Waals surface area contributed by atoms with Gasteiger partial charge in [-0.2, -0.15) is 10.5 Å². The van der Waals surface area contributed by atoms with Crippen LogP contribution in [0, 0.1) is 36.5 Å². The number of rotatable bonds is 1. The topological polar surface area (TPSA) is 60.5 Å². The van der Waals surface area contributed by atoms with Crippen molar-refractivity contribution >= 4 is 12.6 Å². The van der Waals surface area contributed by atoms with Crippen molar-refractivity contribution in [2.45, 2.75) is 18.7 Å². The standard InChI is InChI=1S/C15H11N3S/c1-9-13(7-16)15(14(8-17)10(2)18-9)11-3-5-12(19)6-4-11/h3-6,19H,1-2H3. The number of hydrogen-bond donors (Lipinski definition) is 1. The van der Waals surface area contributed by atoms with Crippen molar-refractivity contribution in [1.29, 1.82) is 10.5 Å². The summed E-state index contributed by atoms with van der Waals surface area (Å²) in [7, 11) is 0. The molecule has 3 nitrogen and oxygen atoms in total. The molecule has 0 saturated heterocycles. The largest absolute Gasteiger partial charge is 0.256 e. The molecular weight excluding hydrogens is 254 g/mol. The average molecular weight is 265 g/mol. The van der Waals surface area contributed by atoms with E-state index in [1.54, 1.807) is 13.8 Å². The SMILES string of the molecule is Cc1nc(C)c(C#N)c(-c2ccc(S)cc2)c1C#N. The molecule has 0 bridgehead atoms. The number of pyridine rings is 1. The Balaban J connectivity index is 2.85. The molecule has 92 valence electrons. The summed E-state index contributed by atoms with van der Waals surface area (Å²) < 4.78 is 0. The summed E-state index contributed by atoms with van der Waals surface area (Å²) in [5.41, 5.74) is 3.68. The molecule has 0 N–H and O–H groups in total. The summed E-state index contributed by atoms with van der Waals surface area (Å²) in [5, 5.41) is 18.6. The summed E-state index contributed by atoms with van der Waals surface area (Å²) in [6, 6.07) is 11.7. The Morgan fingerprint density at radius 3 is 1.84 bits per heavy atom. The minimum Gasteiger partial charge on any atom is -0.256 e. The van der Waals surface area contributed by atoms with Crippen LogP contribution in [0.2, 0.25) is 0 Å². The van der Waals surface area contributed by atoms with E-state index in [2.05, 4.69) is 29.8 Å². The molecule has 0 spiro atoms. The maximum absolute atomic E-state index is 9.31. The quantitative estimate of drug-likeness (QED) is 0.804. The zero-order chi connectivity index (χ0) is 14.0. The van der Waals surface area contributed by atoms with Gasteiger partial charge in [0.15, 0.2) is 0 Å². The molecule has 0 unspecified atom stereocenters. The molecule has 0 saturated carbocycles. The van der Waals surface area contributed by atoms with Crippen molar-refractivity contribution in [2.24, 2.45) is 0 Å². The van der Waals surface area contributed by atoms with Gasteiger partial charge in [-0.3, -0.25) is 4.98 Å². The fraction of sp³-hybridized carbons (Fsp3) is 0.133. The molecule has 0 amide bonds. The van der Waals surface area contributed by atoms with E-state index in [-0.39, 0.29) is 0 Å². The number of aromatic nitrogens is 1. The normalized spacial score (nSPS) is 9.74. The molecular formula is C15H11N3S. The van der Waals surface area contributed by atoms with Gasteiger partial charge < -0.3 is 0 Å². The van der Waals surface area contributed by atoms with Crippen LogP contribution in [0.15, 0.2) is 29.2 Å². The van der Waals surface area contributed by atoms with Gasteiger partial charge >= 0.3 is 0 Å². The summed E-state index contributed by atoms with van der Waals surface area (Å²) in [4.78, 5) is 5.10. The summed E-state index contributed by atoms with van der Waals surface area (Å²) in [6.45, 7) is 3.56. The van der Waals surface area contributed by atoms with E-state index in [0.29, 0.717) is 28.1 Å². The van der Waals surface area contributed by atoms with Crippen molar-refractivity contribution in [3.8, 4) is 23.3 Å². The molecule has 0 atom stereocenters. The Hall–Kier alpha value is -2.30. The number of hydrogen-bond acceptors (Lipinski definition) is 4. The third-order valence-electron chi connectivity index (χ3n) is 2.94. The van der Waals surface area contributed by atoms with E-state index in [1.165, 1.54) is 0 Å². The van der Waals surface area contributed by atoms with E-state index in [9.17, 15) is 10.5 Å². The number of benzene rings is 1. The van der Waals surface area contributed by atoms with Crippen LogP contribution in [0.25, 0.3) is 11.1 Å². The van der Waals surface area contributed by atoms with E-state index in [0.717, 1.165) is 10.5 Å². The average Bonchev–Trinajstić information content (AvgIpc) is 2.39. The lowest BCUT2D eigenvalue weighted by Gasteiger charge is -2.11. The van der Waals surface area contributed by atoms with Gasteiger partial charge in [-0.25, -0.2) is 0 Å². The molecule has 0 aliphatic heterocycles. The molecule has 2 aromatic rings. The number of nitriles is 2. The summed E-state index contributed by atoms with van der Waals surface area (Å²) >= 11 is 4.24. The van der Waals surface area contributed by atoms with E-state index >= 15 is 0 Å². The second kappa shape index (κ2) is 5.14. The van der Waals surface area contributed by atoms with Crippen LogP contribution in [-0.2, 0) is 0 Å². The second-order valence-corrected chi connectivity index (χ2v) is 4.69. The first kappa shape index (κ1) is 13.1. The highest BCUT2D eigenvalue weighted by molar-refractivity contribution is 7.80. The fourth-order valence-electron chi connectivity index (χ4n) is 2.04. The van der Waals surface area contributed by atoms with Gasteiger partial charge in [0.25, 0.3) is 0 Å². The third kappa shape index (κ3) is 2.31. The van der Waals surface area contributed by atoms with Crippen LogP contribution in [0.5, 0.6) is 0 Å². The van der Waals surface area contributed by atoms with Gasteiger partial charge in [-0.05, 0) is 31.5 Å². The van der Waals surface area contributed by atoms with Crippen LogP contribution in [0.3, 0.4) is 0 Å². The lowest BCUT2D eigenvalue weighted by molar-refractivity contribution is 1.10. The van der Waals surface area contributed by atoms with Crippen molar-refractivity contribution in [2.75, 3.05) is 0 Å². The number of aryl methyl sites for hydroxylation is 2. The van der Waals surface area contributed by atoms with Crippen LogP contribution >= 0.6 is 12.6 Å². The zero-order valence-corrected chi connectivity index (χ0v) is 11.5. The Kier molecular flexibility index (Phi) is 3.55. The Labute approximate surface area is 117 Å². The number of thiol groups is 1. The second-order valence-electron chi connectivity index (χ2n) is 4.18.